The number of carbonyl (C=O) groups is 8. The second-order valence-corrected chi connectivity index (χ2v) is 22.4. The number of hydrogen-bond donors (Lipinski definition) is 10. The van der Waals surface area contributed by atoms with Crippen LogP contribution in [0.2, 0.25) is 0 Å². The van der Waals surface area contributed by atoms with Gasteiger partial charge in [-0.05, 0) is 18.6 Å². The number of amides is 6. The molecular weight excluding hydrogens is 1160 g/mol. The number of aromatic hydroxyl groups is 2. The maximum atomic E-state index is 14.7. The molecule has 5 saturated heterocycles. The molecule has 5 fully saturated rings. The van der Waals surface area contributed by atoms with Crippen LogP contribution in [0, 0.1) is 0 Å². The number of aliphatic hydroxyl groups is 1. The molecule has 88 heavy (non-hydrogen) atoms. The molecule has 0 unspecified atom stereocenters. The third kappa shape index (κ3) is 13.6. The van der Waals surface area contributed by atoms with Crippen molar-refractivity contribution in [3.8, 4) is 17.2 Å². The molecule has 0 radical (unpaired) electrons. The molecule has 5 aliphatic heterocycles. The fourth-order valence-electron chi connectivity index (χ4n) is 12.5. The Morgan fingerprint density at radius 1 is 0.761 bits per heavy atom. The van der Waals surface area contributed by atoms with Crippen LogP contribution in [0.4, 0.5) is 0 Å². The Morgan fingerprint density at radius 2 is 1.45 bits per heavy atom. The van der Waals surface area contributed by atoms with Crippen LogP contribution in [0.5, 0.6) is 17.2 Å². The topological polar surface area (TPSA) is 391 Å². The maximum absolute atomic E-state index is 14.7. The molecule has 7 aliphatic rings. The van der Waals surface area contributed by atoms with Gasteiger partial charge in [0, 0.05) is 75.0 Å². The highest BCUT2D eigenvalue weighted by molar-refractivity contribution is 6.31. The van der Waals surface area contributed by atoms with Gasteiger partial charge in [0.25, 0.3) is 5.91 Å². The number of ketones is 2. The number of phenols is 2. The van der Waals surface area contributed by atoms with Gasteiger partial charge in [-0.3, -0.25) is 43.3 Å². The number of nitrogens with two attached hydrogens (primary N) is 1. The molecule has 29 nitrogen and oxygen atoms in total. The Labute approximate surface area is 505 Å². The summed E-state index contributed by atoms with van der Waals surface area (Å²) in [7, 11) is 2.84. The predicted molar refractivity (Wildman–Crippen MR) is 301 cm³/mol. The van der Waals surface area contributed by atoms with Crippen LogP contribution in [0.15, 0.2) is 48.5 Å². The number of nitrogens with zero attached hydrogens (tertiary/aromatic N) is 1. The average molecular weight is 1230 g/mol. The fraction of sp³-hybridized carbons (Fsp3) is 0.559. The SMILES string of the molecule is COc1cccc2c1C(=O)c1c(O)c3c(c(O)c1C2=O)C[C@@](O)(C(=O)N[C@H]1CO[C@H]2[C@@H]1OC[C@@H]2NC(=O)CNC(=O)[C@H](Cc1ccccc1)NC(=O)CNC(=O)CNC(=O)CCOCCOCCN)C[C@@H]3O[C@H]1C[C@H]2[C@H](O[C@@H]3[C@@H](OC)OCCN32)[C@H](C)O1. The molecule has 0 aromatic heterocycles. The van der Waals surface area contributed by atoms with E-state index in [4.69, 9.17) is 53.1 Å². The van der Waals surface area contributed by atoms with E-state index in [0.29, 0.717) is 38.5 Å². The van der Waals surface area contributed by atoms with Crippen LogP contribution in [0.3, 0.4) is 0 Å². The lowest BCUT2D eigenvalue weighted by Crippen LogP contribution is -2.57. The standard InChI is InChI=1S/C59H74N8O21/c1-29-52-36(67-14-17-83-57(80-3)56(67)88-52)21-43(86-29)87-38-23-59(78,22-32-45(38)51(75)47-46(49(32)73)48(72)31-10-7-11-37(79-2)44(31)50(47)74)58(77)66-35-28-85-53-34(27-84-54(35)53)65-42(71)26-63-55(76)33(20-30-8-5-4-6-9-30)64-41(70)25-62-40(69)24-61-39(68)12-15-81-18-19-82-16-13-60/h4-11,29,33-36,38,43,52-54,56-57,73,75,78H,12-28,60H2,1-3H3,(H,61,68)(H,62,69)(H,63,76)(H,64,70)(H,65,71)(H,66,77)/t29-,33-,34-,35-,36-,38-,43-,52+,53+,54+,56+,57-,59-/m0/s1. The van der Waals surface area contributed by atoms with E-state index in [2.05, 4.69) is 36.8 Å². The van der Waals surface area contributed by atoms with E-state index in [1.54, 1.807) is 37.3 Å². The van der Waals surface area contributed by atoms with E-state index >= 15 is 0 Å². The molecule has 10 rings (SSSR count). The van der Waals surface area contributed by atoms with E-state index in [9.17, 15) is 53.7 Å². The van der Waals surface area contributed by atoms with Gasteiger partial charge in [0.1, 0.15) is 47.2 Å². The predicted octanol–water partition coefficient (Wildman–Crippen LogP) is -2.62. The molecule has 476 valence electrons. The zero-order valence-electron chi connectivity index (χ0n) is 48.8. The third-order valence-corrected chi connectivity index (χ3v) is 16.7. The molecule has 0 saturated carbocycles. The quantitative estimate of drug-likeness (QED) is 0.0240. The summed E-state index contributed by atoms with van der Waals surface area (Å²) in [5.41, 5.74) is 2.03. The zero-order chi connectivity index (χ0) is 62.4. The van der Waals surface area contributed by atoms with Gasteiger partial charge in [-0.2, -0.15) is 0 Å². The first-order valence-electron chi connectivity index (χ1n) is 29.2. The van der Waals surface area contributed by atoms with Gasteiger partial charge >= 0.3 is 0 Å². The second-order valence-electron chi connectivity index (χ2n) is 22.4. The van der Waals surface area contributed by atoms with E-state index in [-0.39, 0.29) is 79.7 Å². The number of benzene rings is 3. The highest BCUT2D eigenvalue weighted by atomic mass is 16.7. The Balaban J connectivity index is 0.770. The minimum Gasteiger partial charge on any atom is -0.507 e. The van der Waals surface area contributed by atoms with E-state index in [1.165, 1.54) is 32.4 Å². The van der Waals surface area contributed by atoms with Crippen LogP contribution < -0.4 is 42.4 Å². The first kappa shape index (κ1) is 63.7. The highest BCUT2D eigenvalue weighted by Gasteiger charge is 2.57. The molecule has 6 amide bonds. The first-order chi connectivity index (χ1) is 42.4. The molecule has 0 spiro atoms. The largest absolute Gasteiger partial charge is 0.507 e. The van der Waals surface area contributed by atoms with Crippen molar-refractivity contribution >= 4 is 47.0 Å². The van der Waals surface area contributed by atoms with Gasteiger partial charge in [0.2, 0.25) is 35.3 Å². The molecule has 2 aliphatic carbocycles. The number of phenolic OH excluding ortho intramolecular Hbond substituents is 2. The van der Waals surface area contributed by atoms with Gasteiger partial charge in [0.05, 0.1) is 114 Å². The summed E-state index contributed by atoms with van der Waals surface area (Å²) in [6.45, 7) is 2.44. The van der Waals surface area contributed by atoms with Gasteiger partial charge in [-0.15, -0.1) is 0 Å². The Morgan fingerprint density at radius 3 is 2.18 bits per heavy atom. The fourth-order valence-corrected chi connectivity index (χ4v) is 12.5. The van der Waals surface area contributed by atoms with E-state index in [0.717, 1.165) is 0 Å². The van der Waals surface area contributed by atoms with Crippen molar-refractivity contribution in [2.75, 3.05) is 93.2 Å². The first-order valence-corrected chi connectivity index (χ1v) is 29.2. The number of nitrogens with one attached hydrogen (secondary N) is 6. The minimum atomic E-state index is -2.43. The van der Waals surface area contributed by atoms with Crippen molar-refractivity contribution in [2.45, 2.75) is 118 Å². The molecule has 11 N–H and O–H groups in total. The number of ether oxygens (including phenoxy) is 10. The van der Waals surface area contributed by atoms with Crippen LogP contribution in [0.25, 0.3) is 0 Å². The van der Waals surface area contributed by atoms with Crippen molar-refractivity contribution in [1.82, 2.24) is 36.8 Å². The lowest BCUT2D eigenvalue weighted by molar-refractivity contribution is -0.256. The summed E-state index contributed by atoms with van der Waals surface area (Å²) in [6.07, 6.45) is -7.40. The minimum absolute atomic E-state index is 0.00937. The molecule has 3 aromatic carbocycles. The van der Waals surface area contributed by atoms with Crippen molar-refractivity contribution in [1.29, 1.82) is 0 Å². The van der Waals surface area contributed by atoms with Crippen molar-refractivity contribution in [2.24, 2.45) is 5.73 Å². The van der Waals surface area contributed by atoms with Crippen LogP contribution in [0.1, 0.15) is 80.8 Å². The van der Waals surface area contributed by atoms with Gasteiger partial charge in [-0.1, -0.05) is 42.5 Å². The highest BCUT2D eigenvalue weighted by Crippen LogP contribution is 2.53. The normalized spacial score (nSPS) is 27.9. The monoisotopic (exact) mass is 1230 g/mol. The smallest absolute Gasteiger partial charge is 0.252 e. The second kappa shape index (κ2) is 28.1. The Bertz CT molecular complexity index is 3120. The molecular formula is C59H74N8O21. The third-order valence-electron chi connectivity index (χ3n) is 16.7. The Kier molecular flexibility index (Phi) is 20.3. The summed E-state index contributed by atoms with van der Waals surface area (Å²) in [5, 5.41) is 52.7. The number of methoxy groups -OCH3 is 2. The zero-order valence-corrected chi connectivity index (χ0v) is 48.8. The van der Waals surface area contributed by atoms with Crippen LogP contribution in [-0.2, 0) is 84.2 Å². The number of morpholine rings is 1. The van der Waals surface area contributed by atoms with E-state index in [1.807, 2.05) is 0 Å². The summed E-state index contributed by atoms with van der Waals surface area (Å²) >= 11 is 0. The van der Waals surface area contributed by atoms with Crippen molar-refractivity contribution < 1.29 is 101 Å². The summed E-state index contributed by atoms with van der Waals surface area (Å²) in [4.78, 5) is 110. The number of hydrogen-bond acceptors (Lipinski definition) is 23. The van der Waals surface area contributed by atoms with Crippen molar-refractivity contribution in [3.05, 3.63) is 87.5 Å². The lowest BCUT2D eigenvalue weighted by Gasteiger charge is -2.43. The number of fused-ring (bicyclic) bond motifs is 7. The molecule has 0 bridgehead atoms. The molecule has 29 heteroatoms. The van der Waals surface area contributed by atoms with Crippen LogP contribution >= 0.6 is 0 Å². The molecule has 3 aromatic rings. The summed E-state index contributed by atoms with van der Waals surface area (Å²) in [5.74, 6) is -7.13. The van der Waals surface area contributed by atoms with Gasteiger partial charge < -0.3 is 100 Å². The average Bonchev–Trinajstić information content (AvgIpc) is 1.06. The summed E-state index contributed by atoms with van der Waals surface area (Å²) < 4.78 is 58.9. The number of carbonyl (C=O) groups excluding carboxylic acids is 8. The van der Waals surface area contributed by atoms with Crippen LogP contribution in [-0.4, -0.2) is 233 Å². The van der Waals surface area contributed by atoms with Gasteiger partial charge in [0.15, 0.2) is 24.6 Å². The molecule has 5 heterocycles. The summed E-state index contributed by atoms with van der Waals surface area (Å²) in [6, 6.07) is 9.99. The maximum Gasteiger partial charge on any atom is 0.252 e. The van der Waals surface area contributed by atoms with Crippen molar-refractivity contribution in [3.63, 3.8) is 0 Å². The lowest BCUT2D eigenvalue weighted by atomic mass is 9.72. The van der Waals surface area contributed by atoms with E-state index < -0.39 is 175 Å². The van der Waals surface area contributed by atoms with Gasteiger partial charge in [-0.25, -0.2) is 0 Å². The molecule has 13 atom stereocenters. The Hall–Kier alpha value is -7.26. The number of rotatable bonds is 25.